The highest BCUT2D eigenvalue weighted by molar-refractivity contribution is 6.30. The van der Waals surface area contributed by atoms with E-state index < -0.39 is 17.8 Å². The molecule has 1 atom stereocenters. The van der Waals surface area contributed by atoms with Crippen molar-refractivity contribution in [2.45, 2.75) is 50.4 Å². The zero-order valence-electron chi connectivity index (χ0n) is 15.2. The largest absolute Gasteiger partial charge is 0.416 e. The van der Waals surface area contributed by atoms with Crippen LogP contribution in [0.15, 0.2) is 48.5 Å². The molecule has 0 saturated heterocycles. The van der Waals surface area contributed by atoms with Crippen LogP contribution < -0.4 is 10.6 Å². The summed E-state index contributed by atoms with van der Waals surface area (Å²) in [5.41, 5.74) is 0.0480. The zero-order chi connectivity index (χ0) is 20.1. The van der Waals surface area contributed by atoms with Crippen molar-refractivity contribution in [3.63, 3.8) is 0 Å². The van der Waals surface area contributed by atoms with Crippen LogP contribution in [0.5, 0.6) is 0 Å². The zero-order valence-corrected chi connectivity index (χ0v) is 16.0. The van der Waals surface area contributed by atoms with E-state index in [4.69, 9.17) is 11.6 Å². The fraction of sp³-hybridized carbons (Fsp3) is 0.381. The highest BCUT2D eigenvalue weighted by Crippen LogP contribution is 2.32. The molecule has 7 heteroatoms. The summed E-state index contributed by atoms with van der Waals surface area (Å²) in [5, 5.41) is 6.45. The lowest BCUT2D eigenvalue weighted by molar-refractivity contribution is -0.137. The molecule has 2 aromatic rings. The molecule has 0 bridgehead atoms. The molecule has 3 rings (SSSR count). The monoisotopic (exact) mass is 410 g/mol. The van der Waals surface area contributed by atoms with E-state index in [0.29, 0.717) is 10.6 Å². The molecule has 0 heterocycles. The van der Waals surface area contributed by atoms with Crippen molar-refractivity contribution >= 4 is 23.2 Å². The molecule has 0 spiro atoms. The maximum absolute atomic E-state index is 13.0. The number of carbonyl (C=O) groups is 1. The quantitative estimate of drug-likeness (QED) is 0.638. The van der Waals surface area contributed by atoms with Gasteiger partial charge in [0.1, 0.15) is 6.04 Å². The Kier molecular flexibility index (Phi) is 6.50. The topological polar surface area (TPSA) is 41.1 Å². The van der Waals surface area contributed by atoms with Crippen molar-refractivity contribution in [3.05, 3.63) is 64.7 Å². The molecule has 1 aliphatic rings. The van der Waals surface area contributed by atoms with E-state index in [1.54, 1.807) is 24.3 Å². The van der Waals surface area contributed by atoms with E-state index >= 15 is 0 Å². The molecule has 2 N–H and O–H groups in total. The Hall–Kier alpha value is -2.21. The van der Waals surface area contributed by atoms with Gasteiger partial charge in [0, 0.05) is 16.8 Å². The molecule has 1 unspecified atom stereocenters. The predicted octanol–water partition coefficient (Wildman–Crippen LogP) is 5.96. The van der Waals surface area contributed by atoms with Crippen molar-refractivity contribution in [2.24, 2.45) is 0 Å². The number of anilines is 1. The molecule has 28 heavy (non-hydrogen) atoms. The average Bonchev–Trinajstić information content (AvgIpc) is 2.66. The van der Waals surface area contributed by atoms with Crippen LogP contribution in [0.4, 0.5) is 18.9 Å². The van der Waals surface area contributed by atoms with Gasteiger partial charge in [0.2, 0.25) is 5.91 Å². The SMILES string of the molecule is O=C(NC1CCCCC1)C(Nc1cccc(C(F)(F)F)c1)c1cccc(Cl)c1. The summed E-state index contributed by atoms with van der Waals surface area (Å²) in [6.07, 6.45) is 0.664. The van der Waals surface area contributed by atoms with E-state index in [1.807, 2.05) is 0 Å². The summed E-state index contributed by atoms with van der Waals surface area (Å²) in [7, 11) is 0. The van der Waals surface area contributed by atoms with E-state index in [9.17, 15) is 18.0 Å². The Balaban J connectivity index is 1.85. The van der Waals surface area contributed by atoms with Gasteiger partial charge in [-0.2, -0.15) is 13.2 Å². The number of alkyl halides is 3. The van der Waals surface area contributed by atoms with Crippen LogP contribution in [-0.2, 0) is 11.0 Å². The predicted molar refractivity (Wildman–Crippen MR) is 104 cm³/mol. The Morgan fingerprint density at radius 2 is 1.75 bits per heavy atom. The van der Waals surface area contributed by atoms with Gasteiger partial charge in [0.05, 0.1) is 5.56 Å². The van der Waals surface area contributed by atoms with Crippen molar-refractivity contribution < 1.29 is 18.0 Å². The molecular formula is C21H22ClF3N2O. The first-order valence-electron chi connectivity index (χ1n) is 9.32. The molecular weight excluding hydrogens is 389 g/mol. The van der Waals surface area contributed by atoms with Crippen LogP contribution in [0.1, 0.15) is 49.3 Å². The van der Waals surface area contributed by atoms with Crippen LogP contribution in [0, 0.1) is 0 Å². The molecule has 1 saturated carbocycles. The van der Waals surface area contributed by atoms with Crippen LogP contribution in [-0.4, -0.2) is 11.9 Å². The first kappa shape index (κ1) is 20.5. The van der Waals surface area contributed by atoms with Crippen LogP contribution in [0.3, 0.4) is 0 Å². The van der Waals surface area contributed by atoms with Gasteiger partial charge in [-0.25, -0.2) is 0 Å². The van der Waals surface area contributed by atoms with Crippen LogP contribution in [0.25, 0.3) is 0 Å². The van der Waals surface area contributed by atoms with Crippen molar-refractivity contribution in [1.29, 1.82) is 0 Å². The third-order valence-corrected chi connectivity index (χ3v) is 5.13. The second-order valence-electron chi connectivity index (χ2n) is 7.05. The smallest absolute Gasteiger partial charge is 0.370 e. The molecule has 0 aliphatic heterocycles. The summed E-state index contributed by atoms with van der Waals surface area (Å²) in [5.74, 6) is -0.272. The standard InChI is InChI=1S/C21H22ClF3N2O/c22-16-8-4-6-14(12-16)19(20(28)27-17-9-2-1-3-10-17)26-18-11-5-7-15(13-18)21(23,24)25/h4-8,11-13,17,19,26H,1-3,9-10H2,(H,27,28). The average molecular weight is 411 g/mol. The number of halogens is 4. The van der Waals surface area contributed by atoms with Gasteiger partial charge in [0.25, 0.3) is 0 Å². The lowest BCUT2D eigenvalue weighted by atomic mass is 9.95. The van der Waals surface area contributed by atoms with Crippen molar-refractivity contribution in [3.8, 4) is 0 Å². The van der Waals surface area contributed by atoms with Crippen molar-refractivity contribution in [2.75, 3.05) is 5.32 Å². The fourth-order valence-corrected chi connectivity index (χ4v) is 3.67. The minimum Gasteiger partial charge on any atom is -0.370 e. The summed E-state index contributed by atoms with van der Waals surface area (Å²) < 4.78 is 39.1. The van der Waals surface area contributed by atoms with Gasteiger partial charge in [-0.3, -0.25) is 4.79 Å². The number of benzene rings is 2. The third kappa shape index (κ3) is 5.41. The van der Waals surface area contributed by atoms with Crippen molar-refractivity contribution in [1.82, 2.24) is 5.32 Å². The third-order valence-electron chi connectivity index (χ3n) is 4.90. The molecule has 1 fully saturated rings. The lowest BCUT2D eigenvalue weighted by Crippen LogP contribution is -2.41. The number of nitrogens with one attached hydrogen (secondary N) is 2. The maximum Gasteiger partial charge on any atom is 0.416 e. The number of carbonyl (C=O) groups excluding carboxylic acids is 1. The van der Waals surface area contributed by atoms with Gasteiger partial charge in [0.15, 0.2) is 0 Å². The summed E-state index contributed by atoms with van der Waals surface area (Å²) >= 11 is 6.07. The minimum atomic E-state index is -4.45. The summed E-state index contributed by atoms with van der Waals surface area (Å²) in [6, 6.07) is 10.9. The van der Waals surface area contributed by atoms with Crippen LogP contribution >= 0.6 is 11.6 Å². The number of hydrogen-bond donors (Lipinski definition) is 2. The molecule has 0 radical (unpaired) electrons. The minimum absolute atomic E-state index is 0.0891. The Labute approximate surface area is 167 Å². The second-order valence-corrected chi connectivity index (χ2v) is 7.49. The number of hydrogen-bond acceptors (Lipinski definition) is 2. The Morgan fingerprint density at radius 3 is 2.43 bits per heavy atom. The molecule has 1 aliphatic carbocycles. The van der Waals surface area contributed by atoms with Gasteiger partial charge < -0.3 is 10.6 Å². The van der Waals surface area contributed by atoms with Gasteiger partial charge in [-0.05, 0) is 48.7 Å². The maximum atomic E-state index is 13.0. The van der Waals surface area contributed by atoms with Gasteiger partial charge in [-0.1, -0.05) is 49.1 Å². The van der Waals surface area contributed by atoms with E-state index in [2.05, 4.69) is 10.6 Å². The van der Waals surface area contributed by atoms with Gasteiger partial charge >= 0.3 is 6.18 Å². The van der Waals surface area contributed by atoms with Crippen LogP contribution in [0.2, 0.25) is 5.02 Å². The first-order valence-corrected chi connectivity index (χ1v) is 9.70. The second kappa shape index (κ2) is 8.86. The summed E-state index contributed by atoms with van der Waals surface area (Å²) in [6.45, 7) is 0. The Bertz CT molecular complexity index is 819. The summed E-state index contributed by atoms with van der Waals surface area (Å²) in [4.78, 5) is 13.0. The molecule has 3 nitrogen and oxygen atoms in total. The van der Waals surface area contributed by atoms with E-state index in [1.165, 1.54) is 12.1 Å². The molecule has 150 valence electrons. The fourth-order valence-electron chi connectivity index (χ4n) is 3.47. The van der Waals surface area contributed by atoms with E-state index in [-0.39, 0.29) is 17.6 Å². The van der Waals surface area contributed by atoms with Gasteiger partial charge in [-0.15, -0.1) is 0 Å². The normalized spacial score (nSPS) is 16.4. The highest BCUT2D eigenvalue weighted by Gasteiger charge is 2.31. The van der Waals surface area contributed by atoms with E-state index in [0.717, 1.165) is 44.2 Å². The lowest BCUT2D eigenvalue weighted by Gasteiger charge is -2.27. The molecule has 2 aromatic carbocycles. The Morgan fingerprint density at radius 1 is 1.04 bits per heavy atom. The molecule has 0 aromatic heterocycles. The number of rotatable bonds is 5. The molecule has 1 amide bonds. The first-order chi connectivity index (χ1) is 13.3. The number of amides is 1. The highest BCUT2D eigenvalue weighted by atomic mass is 35.5.